The van der Waals surface area contributed by atoms with Crippen LogP contribution < -0.4 is 0 Å². The number of carbonyl (C=O) groups is 1. The third-order valence-corrected chi connectivity index (χ3v) is 2.06. The predicted molar refractivity (Wildman–Crippen MR) is 52.4 cm³/mol. The van der Waals surface area contributed by atoms with E-state index in [1.54, 1.807) is 11.9 Å². The topological polar surface area (TPSA) is 38.8 Å². The van der Waals surface area contributed by atoms with Crippen molar-refractivity contribution in [1.29, 1.82) is 0 Å². The van der Waals surface area contributed by atoms with Gasteiger partial charge < -0.3 is 14.4 Å². The van der Waals surface area contributed by atoms with Crippen LogP contribution in [0.5, 0.6) is 0 Å². The van der Waals surface area contributed by atoms with Gasteiger partial charge in [-0.05, 0) is 6.92 Å². The zero-order valence-corrected chi connectivity index (χ0v) is 8.79. The molecule has 1 rings (SSSR count). The van der Waals surface area contributed by atoms with Crippen LogP contribution in [-0.2, 0) is 14.3 Å². The van der Waals surface area contributed by atoms with Crippen LogP contribution in [-0.4, -0.2) is 38.1 Å². The number of hydrogen-bond acceptors (Lipinski definition) is 3. The molecule has 1 aliphatic rings. The minimum absolute atomic E-state index is 0.0969. The zero-order valence-electron chi connectivity index (χ0n) is 8.79. The van der Waals surface area contributed by atoms with E-state index in [2.05, 4.69) is 6.58 Å². The van der Waals surface area contributed by atoms with Gasteiger partial charge in [0, 0.05) is 7.05 Å². The van der Waals surface area contributed by atoms with Crippen molar-refractivity contribution in [3.8, 4) is 0 Å². The Bertz CT molecular complexity index is 294. The second-order valence-corrected chi connectivity index (χ2v) is 3.02. The molecule has 0 aromatic carbocycles. The lowest BCUT2D eigenvalue weighted by Crippen LogP contribution is -2.22. The first kappa shape index (κ1) is 10.6. The standard InChI is InChI=1S/C10H15NO3/c1-5-14-8-6-11(3)10(12)9(8)7(2)13-4/h2,5-6H2,1,3-4H3. The lowest BCUT2D eigenvalue weighted by molar-refractivity contribution is -0.124. The fraction of sp³-hybridized carbons (Fsp3) is 0.500. The Morgan fingerprint density at radius 3 is 2.79 bits per heavy atom. The molecule has 1 heterocycles. The van der Waals surface area contributed by atoms with E-state index in [1.807, 2.05) is 6.92 Å². The molecule has 0 aliphatic carbocycles. The Kier molecular flexibility index (Phi) is 3.17. The van der Waals surface area contributed by atoms with Gasteiger partial charge in [-0.15, -0.1) is 0 Å². The summed E-state index contributed by atoms with van der Waals surface area (Å²) >= 11 is 0. The van der Waals surface area contributed by atoms with Crippen LogP contribution in [0, 0.1) is 0 Å². The molecule has 0 N–H and O–H groups in total. The maximum Gasteiger partial charge on any atom is 0.261 e. The minimum atomic E-state index is -0.0969. The van der Waals surface area contributed by atoms with Gasteiger partial charge in [-0.3, -0.25) is 4.79 Å². The first-order valence-corrected chi connectivity index (χ1v) is 4.46. The van der Waals surface area contributed by atoms with Gasteiger partial charge in [0.05, 0.1) is 20.3 Å². The maximum absolute atomic E-state index is 11.6. The molecule has 4 nitrogen and oxygen atoms in total. The molecule has 0 atom stereocenters. The molecule has 0 fully saturated rings. The van der Waals surface area contributed by atoms with Crippen molar-refractivity contribution in [1.82, 2.24) is 4.90 Å². The van der Waals surface area contributed by atoms with Crippen molar-refractivity contribution in [2.75, 3.05) is 27.3 Å². The molecule has 0 aromatic rings. The highest BCUT2D eigenvalue weighted by Gasteiger charge is 2.31. The molecule has 0 unspecified atom stereocenters. The average Bonchev–Trinajstić information content (AvgIpc) is 2.43. The van der Waals surface area contributed by atoms with Crippen LogP contribution >= 0.6 is 0 Å². The first-order valence-electron chi connectivity index (χ1n) is 4.46. The number of ether oxygens (including phenoxy) is 2. The largest absolute Gasteiger partial charge is 0.496 e. The maximum atomic E-state index is 11.6. The molecule has 78 valence electrons. The Balaban J connectivity index is 2.96. The van der Waals surface area contributed by atoms with Gasteiger partial charge >= 0.3 is 0 Å². The summed E-state index contributed by atoms with van der Waals surface area (Å²) in [6.07, 6.45) is 0. The van der Waals surface area contributed by atoms with E-state index in [0.29, 0.717) is 30.2 Å². The third kappa shape index (κ3) is 1.73. The normalized spacial score (nSPS) is 16.2. The Hall–Kier alpha value is -1.45. The molecule has 0 radical (unpaired) electrons. The second-order valence-electron chi connectivity index (χ2n) is 3.02. The number of amides is 1. The first-order chi connectivity index (χ1) is 6.61. The van der Waals surface area contributed by atoms with E-state index in [0.717, 1.165) is 0 Å². The van der Waals surface area contributed by atoms with Gasteiger partial charge in [0.1, 0.15) is 17.1 Å². The lowest BCUT2D eigenvalue weighted by Gasteiger charge is -2.07. The number of nitrogens with zero attached hydrogens (tertiary/aromatic N) is 1. The number of hydrogen-bond donors (Lipinski definition) is 0. The van der Waals surface area contributed by atoms with Gasteiger partial charge in [0.15, 0.2) is 0 Å². The van der Waals surface area contributed by atoms with Gasteiger partial charge in [-0.25, -0.2) is 0 Å². The third-order valence-electron chi connectivity index (χ3n) is 2.06. The summed E-state index contributed by atoms with van der Waals surface area (Å²) in [6, 6.07) is 0. The quantitative estimate of drug-likeness (QED) is 0.629. The van der Waals surface area contributed by atoms with Gasteiger partial charge in [0.2, 0.25) is 0 Å². The van der Waals surface area contributed by atoms with Crippen molar-refractivity contribution in [2.24, 2.45) is 0 Å². The Morgan fingerprint density at radius 2 is 2.29 bits per heavy atom. The van der Waals surface area contributed by atoms with E-state index in [-0.39, 0.29) is 5.91 Å². The monoisotopic (exact) mass is 197 g/mol. The van der Waals surface area contributed by atoms with Crippen LogP contribution in [0.4, 0.5) is 0 Å². The molecule has 1 amide bonds. The van der Waals surface area contributed by atoms with E-state index >= 15 is 0 Å². The van der Waals surface area contributed by atoms with Crippen molar-refractivity contribution in [2.45, 2.75) is 6.92 Å². The summed E-state index contributed by atoms with van der Waals surface area (Å²) in [7, 11) is 3.21. The van der Waals surface area contributed by atoms with Gasteiger partial charge in [-0.1, -0.05) is 6.58 Å². The van der Waals surface area contributed by atoms with Crippen LogP contribution in [0.2, 0.25) is 0 Å². The molecule has 4 heteroatoms. The number of methoxy groups -OCH3 is 1. The Morgan fingerprint density at radius 1 is 1.64 bits per heavy atom. The van der Waals surface area contributed by atoms with Crippen LogP contribution in [0.3, 0.4) is 0 Å². The van der Waals surface area contributed by atoms with Crippen molar-refractivity contribution < 1.29 is 14.3 Å². The highest BCUT2D eigenvalue weighted by Crippen LogP contribution is 2.24. The zero-order chi connectivity index (χ0) is 10.7. The highest BCUT2D eigenvalue weighted by molar-refractivity contribution is 5.99. The lowest BCUT2D eigenvalue weighted by atomic mass is 10.2. The fourth-order valence-corrected chi connectivity index (χ4v) is 1.35. The highest BCUT2D eigenvalue weighted by atomic mass is 16.5. The minimum Gasteiger partial charge on any atom is -0.496 e. The van der Waals surface area contributed by atoms with Crippen LogP contribution in [0.25, 0.3) is 0 Å². The summed E-state index contributed by atoms with van der Waals surface area (Å²) < 4.78 is 10.3. The van der Waals surface area contributed by atoms with Gasteiger partial charge in [-0.2, -0.15) is 0 Å². The molecule has 1 aliphatic heterocycles. The van der Waals surface area contributed by atoms with Gasteiger partial charge in [0.25, 0.3) is 5.91 Å². The number of likely N-dealkylation sites (N-methyl/N-ethyl adjacent to an activating group) is 1. The molecule has 0 saturated carbocycles. The van der Waals surface area contributed by atoms with Crippen LogP contribution in [0.1, 0.15) is 6.92 Å². The molecule has 0 aromatic heterocycles. The average molecular weight is 197 g/mol. The summed E-state index contributed by atoms with van der Waals surface area (Å²) in [5.74, 6) is 0.912. The van der Waals surface area contributed by atoms with Crippen molar-refractivity contribution in [3.05, 3.63) is 23.7 Å². The molecule has 14 heavy (non-hydrogen) atoms. The number of rotatable bonds is 4. The summed E-state index contributed by atoms with van der Waals surface area (Å²) in [6.45, 7) is 6.57. The fourth-order valence-electron chi connectivity index (χ4n) is 1.35. The van der Waals surface area contributed by atoms with Crippen molar-refractivity contribution in [3.63, 3.8) is 0 Å². The van der Waals surface area contributed by atoms with Crippen LogP contribution in [0.15, 0.2) is 23.7 Å². The van der Waals surface area contributed by atoms with E-state index in [4.69, 9.17) is 9.47 Å². The predicted octanol–water partition coefficient (Wildman–Crippen LogP) is 0.909. The van der Waals surface area contributed by atoms with E-state index < -0.39 is 0 Å². The molecule has 0 spiro atoms. The molecule has 0 bridgehead atoms. The smallest absolute Gasteiger partial charge is 0.261 e. The summed E-state index contributed by atoms with van der Waals surface area (Å²) in [4.78, 5) is 13.2. The number of carbonyl (C=O) groups excluding carboxylic acids is 1. The van der Waals surface area contributed by atoms with Crippen molar-refractivity contribution >= 4 is 5.91 Å². The summed E-state index contributed by atoms with van der Waals surface area (Å²) in [5.41, 5.74) is 0.455. The molecular formula is C10H15NO3. The molecule has 0 saturated heterocycles. The SMILES string of the molecule is C=C(OC)C1=C(OCC)CN(C)C1=O. The second kappa shape index (κ2) is 4.17. The Labute approximate surface area is 83.8 Å². The summed E-state index contributed by atoms with van der Waals surface area (Å²) in [5, 5.41) is 0. The van der Waals surface area contributed by atoms with E-state index in [9.17, 15) is 4.79 Å². The molecular weight excluding hydrogens is 182 g/mol. The van der Waals surface area contributed by atoms with E-state index in [1.165, 1.54) is 7.11 Å².